The summed E-state index contributed by atoms with van der Waals surface area (Å²) in [6, 6.07) is 0. The van der Waals surface area contributed by atoms with E-state index in [0.29, 0.717) is 0 Å². The lowest BCUT2D eigenvalue weighted by Gasteiger charge is -1.97. The monoisotopic (exact) mass is 191 g/mol. The van der Waals surface area contributed by atoms with E-state index in [1.165, 1.54) is 12.0 Å². The second-order valence-electron chi connectivity index (χ2n) is 0.507. The molecule has 0 rings (SSSR count). The number of rotatable bonds is 3. The van der Waals surface area contributed by atoms with Crippen molar-refractivity contribution in [1.82, 2.24) is 0 Å². The molecule has 0 spiro atoms. The van der Waals surface area contributed by atoms with Gasteiger partial charge in [0.1, 0.15) is 0 Å². The minimum atomic E-state index is -0.475. The molecule has 1 nitrogen and oxygen atoms in total. The minimum Gasteiger partial charge on any atom is -0.269 e. The molecule has 0 bridgehead atoms. The highest BCUT2D eigenvalue weighted by atomic mass is 33.5. The molecule has 0 aromatic rings. The first-order valence-corrected chi connectivity index (χ1v) is 6.72. The van der Waals surface area contributed by atoms with Gasteiger partial charge in [0.05, 0.1) is 0 Å². The van der Waals surface area contributed by atoms with Crippen molar-refractivity contribution < 1.29 is 3.63 Å². The summed E-state index contributed by atoms with van der Waals surface area (Å²) >= 11 is 11.6. The average molecular weight is 191 g/mol. The maximum Gasteiger partial charge on any atom is 0.00939 e. The van der Waals surface area contributed by atoms with Crippen molar-refractivity contribution in [3.63, 3.8) is 0 Å². The molecule has 0 heterocycles. The van der Waals surface area contributed by atoms with Crippen molar-refractivity contribution in [2.24, 2.45) is 0 Å². The van der Waals surface area contributed by atoms with Gasteiger partial charge in [0.2, 0.25) is 0 Å². The fourth-order valence-electron chi connectivity index (χ4n) is 0.0505. The Morgan fingerprint density at radius 1 is 1.57 bits per heavy atom. The van der Waals surface area contributed by atoms with Crippen molar-refractivity contribution in [3.05, 3.63) is 0 Å². The van der Waals surface area contributed by atoms with Crippen molar-refractivity contribution in [1.29, 1.82) is 0 Å². The predicted octanol–water partition coefficient (Wildman–Crippen LogP) is 1.39. The molecular formula is CH3OS5-. The zero-order valence-corrected chi connectivity index (χ0v) is 7.53. The molecule has 0 aliphatic heterocycles. The van der Waals surface area contributed by atoms with Crippen LogP contribution in [-0.2, 0) is 33.1 Å². The van der Waals surface area contributed by atoms with Gasteiger partial charge in [0.25, 0.3) is 0 Å². The van der Waals surface area contributed by atoms with Gasteiger partial charge in [-0.05, 0) is 0 Å². The van der Waals surface area contributed by atoms with E-state index in [2.05, 4.69) is 22.4 Å². The molecule has 0 aromatic carbocycles. The number of hydrogen-bond donors (Lipinski definition) is 0. The maximum absolute atomic E-state index is 4.73. The molecule has 0 fully saturated rings. The van der Waals surface area contributed by atoms with Crippen LogP contribution in [0, 0.1) is 0 Å². The molecule has 7 heavy (non-hydrogen) atoms. The van der Waals surface area contributed by atoms with E-state index in [-0.39, 0.29) is 0 Å². The zero-order valence-electron chi connectivity index (χ0n) is 3.45. The van der Waals surface area contributed by atoms with E-state index < -0.39 is 7.05 Å². The van der Waals surface area contributed by atoms with E-state index in [0.717, 1.165) is 11.1 Å². The van der Waals surface area contributed by atoms with E-state index in [1.54, 1.807) is 0 Å². The Labute approximate surface area is 62.2 Å². The Hall–Kier alpha value is 1.45. The van der Waals surface area contributed by atoms with Gasteiger partial charge in [-0.3, -0.25) is 10.7 Å². The van der Waals surface area contributed by atoms with Crippen LogP contribution in [0.25, 0.3) is 0 Å². The van der Waals surface area contributed by atoms with Gasteiger partial charge in [-0.25, -0.2) is 22.4 Å². The largest absolute Gasteiger partial charge is 0.269 e. The fraction of sp³-hybridized carbons (Fsp3) is 1.00. The second kappa shape index (κ2) is 5.58. The Kier molecular flexibility index (Phi) is 6.74. The van der Waals surface area contributed by atoms with Crippen LogP contribution in [0.15, 0.2) is 0 Å². The maximum atomic E-state index is 4.73. The summed E-state index contributed by atoms with van der Waals surface area (Å²) in [5.41, 5.74) is 0. The SMILES string of the molecule is CSOS[S-](=S)=S. The summed E-state index contributed by atoms with van der Waals surface area (Å²) in [4.78, 5) is 0. The topological polar surface area (TPSA) is 9.23 Å². The highest BCUT2D eigenvalue weighted by Gasteiger charge is 1.66. The standard InChI is InChI=1S/CH3OS5/c1-5-2-6-7(3)4/h1H3/q-1. The molecule has 0 atom stereocenters. The molecule has 0 amide bonds. The molecule has 0 saturated carbocycles. The van der Waals surface area contributed by atoms with Crippen LogP contribution in [0.4, 0.5) is 0 Å². The van der Waals surface area contributed by atoms with Gasteiger partial charge in [-0.2, -0.15) is 0 Å². The van der Waals surface area contributed by atoms with Gasteiger partial charge in [0.15, 0.2) is 0 Å². The normalized spacial score (nSPS) is 10.0. The molecule has 44 valence electrons. The highest BCUT2D eigenvalue weighted by molar-refractivity contribution is 8.89. The van der Waals surface area contributed by atoms with Gasteiger partial charge in [-0.15, -0.1) is 0 Å². The van der Waals surface area contributed by atoms with E-state index in [4.69, 9.17) is 3.63 Å². The van der Waals surface area contributed by atoms with Crippen LogP contribution >= 0.6 is 23.1 Å². The zero-order chi connectivity index (χ0) is 5.70. The first-order valence-electron chi connectivity index (χ1n) is 1.24. The third-order valence-electron chi connectivity index (χ3n) is 0.151. The Bertz CT molecular complexity index is 86.3. The summed E-state index contributed by atoms with van der Waals surface area (Å²) < 4.78 is 4.73. The first-order chi connectivity index (χ1) is 3.27. The van der Waals surface area contributed by atoms with Gasteiger partial charge >= 0.3 is 0 Å². The predicted molar refractivity (Wildman–Crippen MR) is 44.3 cm³/mol. The third-order valence-corrected chi connectivity index (χ3v) is 2.86. The van der Waals surface area contributed by atoms with Crippen molar-refractivity contribution in [3.8, 4) is 0 Å². The third kappa shape index (κ3) is 7.45. The van der Waals surface area contributed by atoms with Crippen LogP contribution in [-0.4, -0.2) is 6.26 Å². The highest BCUT2D eigenvalue weighted by Crippen LogP contribution is 2.10. The Morgan fingerprint density at radius 2 is 2.14 bits per heavy atom. The van der Waals surface area contributed by atoms with Gasteiger partial charge < -0.3 is 0 Å². The van der Waals surface area contributed by atoms with Gasteiger partial charge in [0, 0.05) is 18.3 Å². The lowest BCUT2D eigenvalue weighted by Crippen LogP contribution is -1.58. The summed E-state index contributed by atoms with van der Waals surface area (Å²) in [5.74, 6) is 0. The molecule has 0 aliphatic carbocycles. The lowest BCUT2D eigenvalue weighted by molar-refractivity contribution is 0.777. The van der Waals surface area contributed by atoms with E-state index in [9.17, 15) is 0 Å². The molecule has 0 saturated heterocycles. The fourth-order valence-corrected chi connectivity index (χ4v) is 2.59. The molecule has 0 radical (unpaired) electrons. The van der Waals surface area contributed by atoms with Crippen LogP contribution in [0.2, 0.25) is 0 Å². The number of hydrogen-bond acceptors (Lipinski definition) is 6. The average Bonchev–Trinajstić information content (AvgIpc) is 1.61. The van der Waals surface area contributed by atoms with Crippen LogP contribution in [0.5, 0.6) is 0 Å². The quantitative estimate of drug-likeness (QED) is 0.377. The van der Waals surface area contributed by atoms with Crippen LogP contribution in [0.1, 0.15) is 0 Å². The molecule has 0 aromatic heterocycles. The molecule has 0 aliphatic rings. The lowest BCUT2D eigenvalue weighted by atomic mass is 12.0. The summed E-state index contributed by atoms with van der Waals surface area (Å²) in [6.45, 7) is 0. The van der Waals surface area contributed by atoms with Crippen LogP contribution in [0.3, 0.4) is 0 Å². The molecule has 0 unspecified atom stereocenters. The molecule has 0 N–H and O–H groups in total. The molecular weight excluding hydrogens is 188 g/mol. The van der Waals surface area contributed by atoms with Crippen molar-refractivity contribution in [2.75, 3.05) is 6.26 Å². The Morgan fingerprint density at radius 3 is 2.29 bits per heavy atom. The van der Waals surface area contributed by atoms with Crippen molar-refractivity contribution >= 4 is 52.5 Å². The summed E-state index contributed by atoms with van der Waals surface area (Å²) in [6.07, 6.45) is 1.82. The summed E-state index contributed by atoms with van der Waals surface area (Å²) in [5, 5.41) is 0. The molecule has 6 heteroatoms. The second-order valence-corrected chi connectivity index (χ2v) is 7.24. The van der Waals surface area contributed by atoms with Gasteiger partial charge in [-0.1, -0.05) is 11.1 Å². The Balaban J connectivity index is 2.98. The smallest absolute Gasteiger partial charge is 0.00939 e. The van der Waals surface area contributed by atoms with Crippen molar-refractivity contribution in [2.45, 2.75) is 0 Å². The summed E-state index contributed by atoms with van der Waals surface area (Å²) in [7, 11) is -0.475. The van der Waals surface area contributed by atoms with Crippen LogP contribution < -0.4 is 0 Å². The first kappa shape index (κ1) is 8.45. The van der Waals surface area contributed by atoms with E-state index in [1.807, 2.05) is 6.26 Å². The minimum absolute atomic E-state index is 0.475. The van der Waals surface area contributed by atoms with E-state index >= 15 is 0 Å².